The lowest BCUT2D eigenvalue weighted by atomic mass is 10.0. The molecule has 108 valence electrons. The monoisotopic (exact) mass is 293 g/mol. The van der Waals surface area contributed by atoms with Gasteiger partial charge in [0.1, 0.15) is 11.6 Å². The van der Waals surface area contributed by atoms with Crippen molar-refractivity contribution in [2.75, 3.05) is 13.7 Å². The zero-order valence-corrected chi connectivity index (χ0v) is 13.1. The highest BCUT2D eigenvalue weighted by atomic mass is 32.1. The Morgan fingerprint density at radius 3 is 2.65 bits per heavy atom. The van der Waals surface area contributed by atoms with E-state index >= 15 is 0 Å². The molecule has 1 unspecified atom stereocenters. The molecule has 0 bridgehead atoms. The van der Waals surface area contributed by atoms with Gasteiger partial charge in [-0.15, -0.1) is 11.3 Å². The van der Waals surface area contributed by atoms with E-state index in [1.54, 1.807) is 30.6 Å². The third-order valence-corrected chi connectivity index (χ3v) is 4.49. The molecule has 0 saturated heterocycles. The fraction of sp³-hybridized carbons (Fsp3) is 0.375. The molecule has 2 aromatic rings. The lowest BCUT2D eigenvalue weighted by Crippen LogP contribution is -2.23. The molecule has 2 rings (SSSR count). The number of rotatable bonds is 5. The Hall–Kier alpha value is -1.39. The van der Waals surface area contributed by atoms with Crippen molar-refractivity contribution in [1.82, 2.24) is 5.32 Å². The van der Waals surface area contributed by atoms with E-state index in [9.17, 15) is 4.39 Å². The Bertz CT molecular complexity index is 594. The van der Waals surface area contributed by atoms with E-state index in [1.807, 2.05) is 6.92 Å². The van der Waals surface area contributed by atoms with E-state index < -0.39 is 0 Å². The Labute approximate surface area is 123 Å². The fourth-order valence-electron chi connectivity index (χ4n) is 2.45. The minimum Gasteiger partial charge on any atom is -0.496 e. The third kappa shape index (κ3) is 2.86. The summed E-state index contributed by atoms with van der Waals surface area (Å²) >= 11 is 1.70. The average Bonchev–Trinajstić information content (AvgIpc) is 2.75. The molecule has 0 aliphatic rings. The van der Waals surface area contributed by atoms with Crippen LogP contribution in [0.25, 0.3) is 0 Å². The highest BCUT2D eigenvalue weighted by molar-refractivity contribution is 7.12. The number of ether oxygens (including phenoxy) is 1. The molecule has 1 aromatic carbocycles. The Morgan fingerprint density at radius 2 is 2.10 bits per heavy atom. The van der Waals surface area contributed by atoms with Gasteiger partial charge in [-0.3, -0.25) is 0 Å². The molecule has 0 aliphatic carbocycles. The second-order valence-corrected chi connectivity index (χ2v) is 6.04. The molecule has 1 atom stereocenters. The first-order valence-corrected chi connectivity index (χ1v) is 7.52. The van der Waals surface area contributed by atoms with Gasteiger partial charge in [0.25, 0.3) is 0 Å². The molecule has 1 heterocycles. The van der Waals surface area contributed by atoms with Gasteiger partial charge in [-0.25, -0.2) is 4.39 Å². The number of hydrogen-bond acceptors (Lipinski definition) is 3. The predicted molar refractivity (Wildman–Crippen MR) is 82.3 cm³/mol. The molecule has 0 saturated carbocycles. The van der Waals surface area contributed by atoms with E-state index in [-0.39, 0.29) is 11.9 Å². The van der Waals surface area contributed by atoms with Crippen molar-refractivity contribution in [3.8, 4) is 5.75 Å². The van der Waals surface area contributed by atoms with Gasteiger partial charge in [-0.05, 0) is 44.2 Å². The lowest BCUT2D eigenvalue weighted by molar-refractivity contribution is 0.397. The largest absolute Gasteiger partial charge is 0.496 e. The molecule has 0 amide bonds. The second-order valence-electron chi connectivity index (χ2n) is 4.75. The standard InChI is InChI=1S/C16H20FNOS/c1-5-18-15(16-10(2)9-11(3)20-16)14-12(17)7-6-8-13(14)19-4/h6-9,15,18H,5H2,1-4H3. The second kappa shape index (κ2) is 6.37. The van der Waals surface area contributed by atoms with Gasteiger partial charge < -0.3 is 10.1 Å². The number of methoxy groups -OCH3 is 1. The minimum atomic E-state index is -0.235. The molecular weight excluding hydrogens is 273 g/mol. The lowest BCUT2D eigenvalue weighted by Gasteiger charge is -2.21. The summed E-state index contributed by atoms with van der Waals surface area (Å²) in [5, 5.41) is 3.38. The van der Waals surface area contributed by atoms with Crippen LogP contribution in [0.5, 0.6) is 5.75 Å². The predicted octanol–water partition coefficient (Wildman–Crippen LogP) is 4.21. The summed E-state index contributed by atoms with van der Waals surface area (Å²) in [4.78, 5) is 2.38. The van der Waals surface area contributed by atoms with Crippen molar-refractivity contribution >= 4 is 11.3 Å². The summed E-state index contributed by atoms with van der Waals surface area (Å²) in [6.45, 7) is 6.92. The molecule has 20 heavy (non-hydrogen) atoms. The molecule has 0 aliphatic heterocycles. The minimum absolute atomic E-state index is 0.171. The van der Waals surface area contributed by atoms with Gasteiger partial charge in [-0.1, -0.05) is 13.0 Å². The fourth-order valence-corrected chi connectivity index (χ4v) is 3.57. The molecule has 4 heteroatoms. The summed E-state index contributed by atoms with van der Waals surface area (Å²) in [7, 11) is 1.58. The first kappa shape index (κ1) is 15.0. The van der Waals surface area contributed by atoms with E-state index in [0.29, 0.717) is 11.3 Å². The van der Waals surface area contributed by atoms with Gasteiger partial charge in [0, 0.05) is 9.75 Å². The van der Waals surface area contributed by atoms with Gasteiger partial charge in [0.2, 0.25) is 0 Å². The van der Waals surface area contributed by atoms with Gasteiger partial charge in [-0.2, -0.15) is 0 Å². The molecule has 1 aromatic heterocycles. The number of halogens is 1. The number of benzene rings is 1. The summed E-state index contributed by atoms with van der Waals surface area (Å²) in [6.07, 6.45) is 0. The molecule has 2 nitrogen and oxygen atoms in total. The van der Waals surface area contributed by atoms with Crippen molar-refractivity contribution < 1.29 is 9.13 Å². The Balaban J connectivity index is 2.57. The number of nitrogens with one attached hydrogen (secondary N) is 1. The van der Waals surface area contributed by atoms with Crippen LogP contribution in [-0.4, -0.2) is 13.7 Å². The molecule has 0 fully saturated rings. The van der Waals surface area contributed by atoms with Crippen molar-refractivity contribution in [3.63, 3.8) is 0 Å². The smallest absolute Gasteiger partial charge is 0.132 e. The Morgan fingerprint density at radius 1 is 1.35 bits per heavy atom. The summed E-state index contributed by atoms with van der Waals surface area (Å²) in [5.41, 5.74) is 1.77. The zero-order chi connectivity index (χ0) is 14.7. The van der Waals surface area contributed by atoms with Crippen molar-refractivity contribution in [1.29, 1.82) is 0 Å². The van der Waals surface area contributed by atoms with Crippen LogP contribution in [0.1, 0.15) is 33.8 Å². The first-order chi connectivity index (χ1) is 9.58. The van der Waals surface area contributed by atoms with E-state index in [2.05, 4.69) is 25.2 Å². The van der Waals surface area contributed by atoms with Crippen LogP contribution in [0, 0.1) is 19.7 Å². The normalized spacial score (nSPS) is 12.4. The van der Waals surface area contributed by atoms with Crippen LogP contribution in [0.2, 0.25) is 0 Å². The SMILES string of the molecule is CCNC(c1sc(C)cc1C)c1c(F)cccc1OC. The average molecular weight is 293 g/mol. The van der Waals surface area contributed by atoms with Crippen LogP contribution >= 0.6 is 11.3 Å². The van der Waals surface area contributed by atoms with Crippen LogP contribution in [0.4, 0.5) is 4.39 Å². The van der Waals surface area contributed by atoms with E-state index in [0.717, 1.165) is 11.4 Å². The van der Waals surface area contributed by atoms with Crippen molar-refractivity contribution in [2.24, 2.45) is 0 Å². The van der Waals surface area contributed by atoms with Crippen LogP contribution in [0.3, 0.4) is 0 Å². The highest BCUT2D eigenvalue weighted by Gasteiger charge is 2.24. The summed E-state index contributed by atoms with van der Waals surface area (Å²) in [5.74, 6) is 0.349. The first-order valence-electron chi connectivity index (χ1n) is 6.71. The number of hydrogen-bond donors (Lipinski definition) is 1. The topological polar surface area (TPSA) is 21.3 Å². The maximum atomic E-state index is 14.3. The van der Waals surface area contributed by atoms with E-state index in [1.165, 1.54) is 16.5 Å². The van der Waals surface area contributed by atoms with Gasteiger partial charge in [0.15, 0.2) is 0 Å². The van der Waals surface area contributed by atoms with Crippen molar-refractivity contribution in [2.45, 2.75) is 26.8 Å². The molecule has 1 N–H and O–H groups in total. The zero-order valence-electron chi connectivity index (χ0n) is 12.3. The maximum Gasteiger partial charge on any atom is 0.132 e. The van der Waals surface area contributed by atoms with Gasteiger partial charge >= 0.3 is 0 Å². The van der Waals surface area contributed by atoms with E-state index in [4.69, 9.17) is 4.74 Å². The maximum absolute atomic E-state index is 14.3. The number of aryl methyl sites for hydroxylation is 2. The highest BCUT2D eigenvalue weighted by Crippen LogP contribution is 2.37. The molecular formula is C16H20FNOS. The van der Waals surface area contributed by atoms with Crippen molar-refractivity contribution in [3.05, 3.63) is 51.0 Å². The third-order valence-electron chi connectivity index (χ3n) is 3.27. The molecule has 0 radical (unpaired) electrons. The molecule has 0 spiro atoms. The Kier molecular flexibility index (Phi) is 4.78. The van der Waals surface area contributed by atoms with Crippen LogP contribution in [-0.2, 0) is 0 Å². The van der Waals surface area contributed by atoms with Crippen LogP contribution < -0.4 is 10.1 Å². The quantitative estimate of drug-likeness (QED) is 0.891. The summed E-state index contributed by atoms with van der Waals surface area (Å²) in [6, 6.07) is 6.93. The van der Waals surface area contributed by atoms with Gasteiger partial charge in [0.05, 0.1) is 18.7 Å². The van der Waals surface area contributed by atoms with Crippen LogP contribution in [0.15, 0.2) is 24.3 Å². The summed E-state index contributed by atoms with van der Waals surface area (Å²) < 4.78 is 19.7. The number of thiophene rings is 1.